The number of carbonyl (C=O) groups is 1. The Bertz CT molecular complexity index is 998. The number of anilines is 2. The molecule has 8 heteroatoms. The van der Waals surface area contributed by atoms with Gasteiger partial charge in [-0.15, -0.1) is 0 Å². The molecule has 0 saturated carbocycles. The van der Waals surface area contributed by atoms with E-state index in [1.165, 1.54) is 4.90 Å². The van der Waals surface area contributed by atoms with E-state index in [0.29, 0.717) is 29.8 Å². The van der Waals surface area contributed by atoms with E-state index in [-0.39, 0.29) is 5.92 Å². The van der Waals surface area contributed by atoms with Gasteiger partial charge < -0.3 is 15.3 Å². The SMILES string of the molecule is O=C(O)N1CCCC(c2nc(Nc3ccc(Cl)cc3)cc(-c3ccncc3)n2)C1. The number of hydrogen-bond donors (Lipinski definition) is 2. The number of nitrogens with zero attached hydrogens (tertiary/aromatic N) is 4. The molecule has 7 nitrogen and oxygen atoms in total. The third kappa shape index (κ3) is 4.63. The predicted octanol–water partition coefficient (Wildman–Crippen LogP) is 4.79. The van der Waals surface area contributed by atoms with E-state index in [1.54, 1.807) is 12.4 Å². The van der Waals surface area contributed by atoms with Crippen molar-refractivity contribution in [1.82, 2.24) is 19.9 Å². The minimum atomic E-state index is -0.903. The third-order valence-corrected chi connectivity index (χ3v) is 5.15. The normalized spacial score (nSPS) is 16.4. The van der Waals surface area contributed by atoms with Crippen LogP contribution in [0.1, 0.15) is 24.6 Å². The zero-order chi connectivity index (χ0) is 20.2. The van der Waals surface area contributed by atoms with E-state index < -0.39 is 6.09 Å². The largest absolute Gasteiger partial charge is 0.465 e. The van der Waals surface area contributed by atoms with Gasteiger partial charge in [0.05, 0.1) is 5.69 Å². The zero-order valence-electron chi connectivity index (χ0n) is 15.6. The monoisotopic (exact) mass is 409 g/mol. The molecule has 148 valence electrons. The summed E-state index contributed by atoms with van der Waals surface area (Å²) in [5.41, 5.74) is 2.55. The van der Waals surface area contributed by atoms with Crippen LogP contribution in [-0.2, 0) is 0 Å². The number of pyridine rings is 1. The number of nitrogens with one attached hydrogen (secondary N) is 1. The van der Waals surface area contributed by atoms with Crippen molar-refractivity contribution in [3.8, 4) is 11.3 Å². The summed E-state index contributed by atoms with van der Waals surface area (Å²) in [6, 6.07) is 13.0. The Balaban J connectivity index is 1.70. The third-order valence-electron chi connectivity index (χ3n) is 4.89. The summed E-state index contributed by atoms with van der Waals surface area (Å²) >= 11 is 5.97. The predicted molar refractivity (Wildman–Crippen MR) is 112 cm³/mol. The Kier molecular flexibility index (Phi) is 5.57. The molecule has 1 aliphatic heterocycles. The molecule has 1 unspecified atom stereocenters. The summed E-state index contributed by atoms with van der Waals surface area (Å²) in [6.07, 6.45) is 4.18. The molecule has 1 saturated heterocycles. The molecule has 0 spiro atoms. The van der Waals surface area contributed by atoms with Gasteiger partial charge in [-0.1, -0.05) is 11.6 Å². The molecule has 1 aliphatic rings. The first kappa shape index (κ1) is 19.1. The molecule has 29 heavy (non-hydrogen) atoms. The maximum absolute atomic E-state index is 11.4. The van der Waals surface area contributed by atoms with Gasteiger partial charge in [0.1, 0.15) is 11.6 Å². The van der Waals surface area contributed by atoms with Crippen LogP contribution in [0.3, 0.4) is 0 Å². The van der Waals surface area contributed by atoms with E-state index in [2.05, 4.69) is 10.3 Å². The molecule has 0 radical (unpaired) electrons. The van der Waals surface area contributed by atoms with Crippen LogP contribution in [0.25, 0.3) is 11.3 Å². The number of halogens is 1. The summed E-state index contributed by atoms with van der Waals surface area (Å²) in [6.45, 7) is 0.946. The van der Waals surface area contributed by atoms with Gasteiger partial charge >= 0.3 is 6.09 Å². The van der Waals surface area contributed by atoms with Crippen LogP contribution in [0.5, 0.6) is 0 Å². The van der Waals surface area contributed by atoms with Crippen molar-refractivity contribution in [3.63, 3.8) is 0 Å². The van der Waals surface area contributed by atoms with Gasteiger partial charge in [0, 0.05) is 53.7 Å². The van der Waals surface area contributed by atoms with Gasteiger partial charge in [-0.2, -0.15) is 0 Å². The lowest BCUT2D eigenvalue weighted by Crippen LogP contribution is -2.38. The lowest BCUT2D eigenvalue weighted by Gasteiger charge is -2.30. The maximum atomic E-state index is 11.4. The Hall–Kier alpha value is -3.19. The van der Waals surface area contributed by atoms with Crippen molar-refractivity contribution in [2.24, 2.45) is 0 Å². The lowest BCUT2D eigenvalue weighted by atomic mass is 9.97. The van der Waals surface area contributed by atoms with Gasteiger partial charge in [-0.05, 0) is 49.2 Å². The van der Waals surface area contributed by atoms with Crippen molar-refractivity contribution in [1.29, 1.82) is 0 Å². The fourth-order valence-corrected chi connectivity index (χ4v) is 3.55. The van der Waals surface area contributed by atoms with Crippen molar-refractivity contribution in [3.05, 3.63) is 65.7 Å². The second kappa shape index (κ2) is 8.45. The number of rotatable bonds is 4. The van der Waals surface area contributed by atoms with E-state index in [1.807, 2.05) is 42.5 Å². The van der Waals surface area contributed by atoms with Gasteiger partial charge in [0.25, 0.3) is 0 Å². The Morgan fingerprint density at radius 3 is 2.62 bits per heavy atom. The summed E-state index contributed by atoms with van der Waals surface area (Å²) in [7, 11) is 0. The zero-order valence-corrected chi connectivity index (χ0v) is 16.4. The highest BCUT2D eigenvalue weighted by Gasteiger charge is 2.27. The molecule has 2 aromatic heterocycles. The topological polar surface area (TPSA) is 91.2 Å². The first-order valence-electron chi connectivity index (χ1n) is 9.38. The molecule has 2 N–H and O–H groups in total. The van der Waals surface area contributed by atoms with E-state index in [4.69, 9.17) is 21.6 Å². The molecular formula is C21H20ClN5O2. The van der Waals surface area contributed by atoms with Crippen molar-refractivity contribution in [2.45, 2.75) is 18.8 Å². The van der Waals surface area contributed by atoms with Crippen molar-refractivity contribution in [2.75, 3.05) is 18.4 Å². The first-order chi connectivity index (χ1) is 14.1. The second-order valence-electron chi connectivity index (χ2n) is 6.93. The van der Waals surface area contributed by atoms with Crippen molar-refractivity contribution >= 4 is 29.2 Å². The molecule has 3 aromatic rings. The summed E-state index contributed by atoms with van der Waals surface area (Å²) < 4.78 is 0. The number of amides is 1. The molecule has 1 aromatic carbocycles. The minimum absolute atomic E-state index is 0.0487. The van der Waals surface area contributed by atoms with Gasteiger partial charge in [0.15, 0.2) is 0 Å². The summed E-state index contributed by atoms with van der Waals surface area (Å²) in [4.78, 5) is 26.4. The molecule has 0 aliphatic carbocycles. The number of benzene rings is 1. The van der Waals surface area contributed by atoms with Crippen LogP contribution >= 0.6 is 11.6 Å². The number of likely N-dealkylation sites (tertiary alicyclic amines) is 1. The average Bonchev–Trinajstić information content (AvgIpc) is 2.76. The number of hydrogen-bond acceptors (Lipinski definition) is 5. The molecule has 1 atom stereocenters. The standard InChI is InChI=1S/C21H20ClN5O2/c22-16-3-5-17(6-4-16)24-19-12-18(14-7-9-23-10-8-14)25-20(26-19)15-2-1-11-27(13-15)21(28)29/h3-10,12,15H,1-2,11,13H2,(H,28,29)(H,24,25,26). The van der Waals surface area contributed by atoms with Crippen LogP contribution < -0.4 is 5.32 Å². The van der Waals surface area contributed by atoms with Gasteiger partial charge in [0.2, 0.25) is 0 Å². The minimum Gasteiger partial charge on any atom is -0.465 e. The van der Waals surface area contributed by atoms with Crippen LogP contribution in [-0.4, -0.2) is 44.1 Å². The highest BCUT2D eigenvalue weighted by molar-refractivity contribution is 6.30. The highest BCUT2D eigenvalue weighted by atomic mass is 35.5. The first-order valence-corrected chi connectivity index (χ1v) is 9.76. The molecule has 0 bridgehead atoms. The molecule has 4 rings (SSSR count). The fourth-order valence-electron chi connectivity index (χ4n) is 3.43. The lowest BCUT2D eigenvalue weighted by molar-refractivity contribution is 0.129. The second-order valence-corrected chi connectivity index (χ2v) is 7.37. The van der Waals surface area contributed by atoms with Gasteiger partial charge in [-0.3, -0.25) is 4.98 Å². The van der Waals surface area contributed by atoms with E-state index >= 15 is 0 Å². The Labute approximate surface area is 173 Å². The quantitative estimate of drug-likeness (QED) is 0.643. The van der Waals surface area contributed by atoms with Crippen LogP contribution in [0.4, 0.5) is 16.3 Å². The molecule has 1 amide bonds. The fraction of sp³-hybridized carbons (Fsp3) is 0.238. The average molecular weight is 410 g/mol. The summed E-state index contributed by atoms with van der Waals surface area (Å²) in [5.74, 6) is 1.24. The Morgan fingerprint density at radius 1 is 1.14 bits per heavy atom. The number of piperidine rings is 1. The van der Waals surface area contributed by atoms with Gasteiger partial charge in [-0.25, -0.2) is 14.8 Å². The highest BCUT2D eigenvalue weighted by Crippen LogP contribution is 2.29. The number of carboxylic acid groups (broad SMARTS) is 1. The maximum Gasteiger partial charge on any atom is 0.407 e. The Morgan fingerprint density at radius 2 is 1.90 bits per heavy atom. The van der Waals surface area contributed by atoms with E-state index in [0.717, 1.165) is 29.8 Å². The van der Waals surface area contributed by atoms with Crippen LogP contribution in [0.2, 0.25) is 5.02 Å². The van der Waals surface area contributed by atoms with Crippen LogP contribution in [0, 0.1) is 0 Å². The number of aromatic nitrogens is 3. The van der Waals surface area contributed by atoms with E-state index in [9.17, 15) is 9.90 Å². The van der Waals surface area contributed by atoms with Crippen LogP contribution in [0.15, 0.2) is 54.9 Å². The summed E-state index contributed by atoms with van der Waals surface area (Å²) in [5, 5.41) is 13.3. The molecular weight excluding hydrogens is 390 g/mol. The molecule has 1 fully saturated rings. The smallest absolute Gasteiger partial charge is 0.407 e. The van der Waals surface area contributed by atoms with Crippen molar-refractivity contribution < 1.29 is 9.90 Å². The molecule has 3 heterocycles.